The van der Waals surface area contributed by atoms with Crippen LogP contribution in [0.5, 0.6) is 11.5 Å². The molecular weight excluding hydrogens is 409 g/mol. The Labute approximate surface area is 156 Å². The number of nitrogens with one attached hydrogen (secondary N) is 1. The second kappa shape index (κ2) is 8.72. The standard InChI is InChI=1S/C17H21BrNO5P/c1-21-15-7-5-6-14(16(15)22-2)17(25(20,23-3)24-4)19-13-10-8-12(18)9-11-13/h5-11,17,19H,1-4H3. The minimum Gasteiger partial charge on any atom is -0.493 e. The number of rotatable bonds is 8. The zero-order chi connectivity index (χ0) is 18.4. The van der Waals surface area contributed by atoms with Crippen molar-refractivity contribution in [3.8, 4) is 11.5 Å². The zero-order valence-electron chi connectivity index (χ0n) is 14.5. The number of anilines is 1. The van der Waals surface area contributed by atoms with Gasteiger partial charge >= 0.3 is 7.60 Å². The van der Waals surface area contributed by atoms with Crippen LogP contribution in [-0.4, -0.2) is 28.4 Å². The first-order valence-corrected chi connectivity index (χ1v) is 9.83. The van der Waals surface area contributed by atoms with Crippen molar-refractivity contribution < 1.29 is 23.1 Å². The molecule has 0 aliphatic heterocycles. The summed E-state index contributed by atoms with van der Waals surface area (Å²) in [6, 6.07) is 12.8. The number of hydrogen-bond donors (Lipinski definition) is 1. The Balaban J connectivity index is 2.56. The number of benzene rings is 2. The van der Waals surface area contributed by atoms with Crippen LogP contribution >= 0.6 is 23.5 Å². The Bertz CT molecular complexity index is 745. The maximum Gasteiger partial charge on any atom is 0.356 e. The van der Waals surface area contributed by atoms with Crippen molar-refractivity contribution in [2.24, 2.45) is 0 Å². The molecule has 0 aliphatic rings. The highest BCUT2D eigenvalue weighted by Gasteiger charge is 2.38. The SMILES string of the molecule is COc1cccc(C(Nc2ccc(Br)cc2)P(=O)(OC)OC)c1OC. The molecule has 0 spiro atoms. The van der Waals surface area contributed by atoms with E-state index in [1.807, 2.05) is 24.3 Å². The molecule has 0 bridgehead atoms. The smallest absolute Gasteiger partial charge is 0.356 e. The highest BCUT2D eigenvalue weighted by atomic mass is 79.9. The molecule has 2 aromatic carbocycles. The van der Waals surface area contributed by atoms with Crippen molar-refractivity contribution in [2.45, 2.75) is 5.78 Å². The summed E-state index contributed by atoms with van der Waals surface area (Å²) in [5.41, 5.74) is 1.37. The molecule has 1 N–H and O–H groups in total. The van der Waals surface area contributed by atoms with Crippen LogP contribution in [0.15, 0.2) is 46.9 Å². The monoisotopic (exact) mass is 429 g/mol. The summed E-state index contributed by atoms with van der Waals surface area (Å²) in [5, 5.41) is 3.22. The molecule has 0 amide bonds. The molecule has 6 nitrogen and oxygen atoms in total. The van der Waals surface area contributed by atoms with Crippen LogP contribution in [0, 0.1) is 0 Å². The predicted molar refractivity (Wildman–Crippen MR) is 102 cm³/mol. The molecule has 8 heteroatoms. The van der Waals surface area contributed by atoms with Gasteiger partial charge in [0.1, 0.15) is 0 Å². The van der Waals surface area contributed by atoms with E-state index in [-0.39, 0.29) is 0 Å². The van der Waals surface area contributed by atoms with Crippen LogP contribution in [0.1, 0.15) is 11.3 Å². The average molecular weight is 430 g/mol. The van der Waals surface area contributed by atoms with E-state index in [9.17, 15) is 4.57 Å². The van der Waals surface area contributed by atoms with E-state index in [1.165, 1.54) is 21.3 Å². The molecule has 0 saturated carbocycles. The van der Waals surface area contributed by atoms with Crippen LogP contribution in [0.25, 0.3) is 0 Å². The molecule has 25 heavy (non-hydrogen) atoms. The summed E-state index contributed by atoms with van der Waals surface area (Å²) in [6.07, 6.45) is 0. The van der Waals surface area contributed by atoms with Crippen molar-refractivity contribution in [1.29, 1.82) is 0 Å². The van der Waals surface area contributed by atoms with Crippen molar-refractivity contribution in [2.75, 3.05) is 33.8 Å². The number of ether oxygens (including phenoxy) is 2. The Kier molecular flexibility index (Phi) is 6.90. The lowest BCUT2D eigenvalue weighted by molar-refractivity contribution is 0.267. The van der Waals surface area contributed by atoms with Gasteiger partial charge in [-0.05, 0) is 30.3 Å². The lowest BCUT2D eigenvalue weighted by atomic mass is 10.1. The molecule has 0 aliphatic carbocycles. The van der Waals surface area contributed by atoms with Crippen LogP contribution in [0.3, 0.4) is 0 Å². The van der Waals surface area contributed by atoms with Crippen LogP contribution in [0.2, 0.25) is 0 Å². The van der Waals surface area contributed by atoms with Gasteiger partial charge in [0, 0.05) is 29.9 Å². The summed E-state index contributed by atoms with van der Waals surface area (Å²) < 4.78 is 35.4. The lowest BCUT2D eigenvalue weighted by Crippen LogP contribution is -2.15. The fraction of sp³-hybridized carbons (Fsp3) is 0.294. The third-order valence-corrected chi connectivity index (χ3v) is 6.29. The van der Waals surface area contributed by atoms with E-state index in [0.717, 1.165) is 10.2 Å². The fourth-order valence-corrected chi connectivity index (χ4v) is 4.13. The number of methoxy groups -OCH3 is 2. The van der Waals surface area contributed by atoms with Gasteiger partial charge in [0.15, 0.2) is 17.3 Å². The summed E-state index contributed by atoms with van der Waals surface area (Å²) in [5.74, 6) is 0.212. The van der Waals surface area contributed by atoms with Crippen LogP contribution < -0.4 is 14.8 Å². The molecule has 2 rings (SSSR count). The maximum absolute atomic E-state index is 13.2. The Morgan fingerprint density at radius 2 is 1.60 bits per heavy atom. The number of hydrogen-bond acceptors (Lipinski definition) is 6. The minimum atomic E-state index is -3.52. The third kappa shape index (κ3) is 4.36. The maximum atomic E-state index is 13.2. The molecule has 0 heterocycles. The quantitative estimate of drug-likeness (QED) is 0.591. The van der Waals surface area contributed by atoms with E-state index in [4.69, 9.17) is 18.5 Å². The topological polar surface area (TPSA) is 66.0 Å². The molecule has 0 radical (unpaired) electrons. The normalized spacial score (nSPS) is 12.5. The summed E-state index contributed by atoms with van der Waals surface area (Å²) >= 11 is 3.40. The second-order valence-electron chi connectivity index (χ2n) is 5.04. The lowest BCUT2D eigenvalue weighted by Gasteiger charge is -2.28. The van der Waals surface area contributed by atoms with Gasteiger partial charge in [-0.25, -0.2) is 0 Å². The van der Waals surface area contributed by atoms with Gasteiger partial charge < -0.3 is 23.8 Å². The number of para-hydroxylation sites is 1. The van der Waals surface area contributed by atoms with Gasteiger partial charge in [0.25, 0.3) is 0 Å². The van der Waals surface area contributed by atoms with E-state index in [1.54, 1.807) is 25.3 Å². The van der Waals surface area contributed by atoms with Gasteiger partial charge in [0.2, 0.25) is 0 Å². The molecule has 136 valence electrons. The minimum absolute atomic E-state index is 0.467. The van der Waals surface area contributed by atoms with Gasteiger partial charge in [-0.2, -0.15) is 0 Å². The Morgan fingerprint density at radius 1 is 0.960 bits per heavy atom. The van der Waals surface area contributed by atoms with Crippen molar-refractivity contribution in [1.82, 2.24) is 0 Å². The van der Waals surface area contributed by atoms with E-state index in [2.05, 4.69) is 21.2 Å². The molecule has 1 unspecified atom stereocenters. The van der Waals surface area contributed by atoms with Crippen molar-refractivity contribution >= 4 is 29.2 Å². The molecule has 0 fully saturated rings. The van der Waals surface area contributed by atoms with Crippen LogP contribution in [-0.2, 0) is 13.6 Å². The first-order valence-electron chi connectivity index (χ1n) is 7.43. The number of halogens is 1. The first kappa shape index (κ1) is 19.8. The fourth-order valence-electron chi connectivity index (χ4n) is 2.44. The zero-order valence-corrected chi connectivity index (χ0v) is 17.0. The second-order valence-corrected chi connectivity index (χ2v) is 8.28. The van der Waals surface area contributed by atoms with E-state index in [0.29, 0.717) is 17.1 Å². The Hall–Kier alpha value is -1.53. The summed E-state index contributed by atoms with van der Waals surface area (Å²) in [7, 11) is 2.27. The van der Waals surface area contributed by atoms with Gasteiger partial charge in [-0.15, -0.1) is 0 Å². The third-order valence-electron chi connectivity index (χ3n) is 3.70. The summed E-state index contributed by atoms with van der Waals surface area (Å²) in [6.45, 7) is 0. The molecule has 1 atom stereocenters. The average Bonchev–Trinajstić information content (AvgIpc) is 2.66. The van der Waals surface area contributed by atoms with Crippen molar-refractivity contribution in [3.63, 3.8) is 0 Å². The Morgan fingerprint density at radius 3 is 2.12 bits per heavy atom. The molecule has 2 aromatic rings. The first-order chi connectivity index (χ1) is 12.0. The van der Waals surface area contributed by atoms with Crippen molar-refractivity contribution in [3.05, 3.63) is 52.5 Å². The van der Waals surface area contributed by atoms with E-state index < -0.39 is 13.4 Å². The van der Waals surface area contributed by atoms with Gasteiger partial charge in [-0.3, -0.25) is 4.57 Å². The van der Waals surface area contributed by atoms with Gasteiger partial charge in [0.05, 0.1) is 14.2 Å². The van der Waals surface area contributed by atoms with Crippen LogP contribution in [0.4, 0.5) is 5.69 Å². The largest absolute Gasteiger partial charge is 0.493 e. The highest BCUT2D eigenvalue weighted by Crippen LogP contribution is 2.61. The summed E-state index contributed by atoms with van der Waals surface area (Å²) in [4.78, 5) is 0. The molecular formula is C17H21BrNO5P. The predicted octanol–water partition coefficient (Wildman–Crippen LogP) is 5.06. The van der Waals surface area contributed by atoms with Gasteiger partial charge in [-0.1, -0.05) is 28.1 Å². The molecule has 0 aromatic heterocycles. The highest BCUT2D eigenvalue weighted by molar-refractivity contribution is 9.10. The molecule has 0 saturated heterocycles. The van der Waals surface area contributed by atoms with E-state index >= 15 is 0 Å².